The first-order valence-electron chi connectivity index (χ1n) is 15.6. The number of carbonyl (C=O) groups excluding carboxylic acids is 2. The quantitative estimate of drug-likeness (QED) is 0.226. The maximum absolute atomic E-state index is 13.1. The van der Waals surface area contributed by atoms with Gasteiger partial charge in [0.15, 0.2) is 6.29 Å². The van der Waals surface area contributed by atoms with Gasteiger partial charge in [-0.2, -0.15) is 0 Å². The zero-order valence-corrected chi connectivity index (χ0v) is 24.9. The molecule has 4 heterocycles. The average Bonchev–Trinajstić information content (AvgIpc) is 3.58. The highest BCUT2D eigenvalue weighted by molar-refractivity contribution is 5.89. The smallest absolute Gasteiger partial charge is 0.408 e. The van der Waals surface area contributed by atoms with E-state index in [2.05, 4.69) is 10.2 Å². The molecular weight excluding hydrogens is 560 g/mol. The molecule has 9 nitrogen and oxygen atoms in total. The van der Waals surface area contributed by atoms with E-state index in [1.165, 1.54) is 0 Å². The molecule has 4 saturated heterocycles. The summed E-state index contributed by atoms with van der Waals surface area (Å²) in [5.74, 6) is 0.747. The third kappa shape index (κ3) is 7.96. The zero-order chi connectivity index (χ0) is 30.1. The van der Waals surface area contributed by atoms with E-state index in [0.717, 1.165) is 49.2 Å². The topological polar surface area (TPSA) is 95.6 Å². The molecule has 2 bridgehead atoms. The van der Waals surface area contributed by atoms with Crippen LogP contribution in [0.4, 0.5) is 4.79 Å². The number of nitrogens with one attached hydrogen (secondary N) is 1. The molecule has 7 rings (SSSR count). The van der Waals surface area contributed by atoms with E-state index >= 15 is 0 Å². The first-order valence-corrected chi connectivity index (χ1v) is 15.6. The summed E-state index contributed by atoms with van der Waals surface area (Å²) in [6.45, 7) is 4.85. The largest absolute Gasteiger partial charge is 0.493 e. The van der Waals surface area contributed by atoms with E-state index < -0.39 is 6.09 Å². The number of esters is 1. The number of piperidine rings is 3. The van der Waals surface area contributed by atoms with Gasteiger partial charge in [-0.1, -0.05) is 54.6 Å². The standard InChI is InChI=1S/C35H40N2O7/c38-34(28-12-10-25(11-13-28)22-32-41-20-21-42-32)43-19-5-18-40-30-9-4-8-29(23-30)33(27-6-2-1-3-7-27)36-35(39)44-31-24-37-16-14-26(31)15-17-37/h1-4,6-13,23,26,31-33H,5,14-22,24H2,(H,36,39). The van der Waals surface area contributed by atoms with Gasteiger partial charge in [0, 0.05) is 19.4 Å². The van der Waals surface area contributed by atoms with Crippen molar-refractivity contribution in [3.05, 3.63) is 101 Å². The van der Waals surface area contributed by atoms with Gasteiger partial charge in [-0.3, -0.25) is 4.90 Å². The van der Waals surface area contributed by atoms with Crippen molar-refractivity contribution < 1.29 is 33.3 Å². The van der Waals surface area contributed by atoms with Gasteiger partial charge in [0.25, 0.3) is 0 Å². The second-order valence-electron chi connectivity index (χ2n) is 11.6. The number of fused-ring (bicyclic) bond motifs is 3. The van der Waals surface area contributed by atoms with Crippen LogP contribution < -0.4 is 10.1 Å². The highest BCUT2D eigenvalue weighted by Gasteiger charge is 2.37. The van der Waals surface area contributed by atoms with Crippen LogP contribution >= 0.6 is 0 Å². The van der Waals surface area contributed by atoms with Crippen LogP contribution in [0.3, 0.4) is 0 Å². The Morgan fingerprint density at radius 3 is 2.36 bits per heavy atom. The number of nitrogens with zero attached hydrogens (tertiary/aromatic N) is 1. The molecule has 3 aromatic rings. The van der Waals surface area contributed by atoms with Crippen molar-refractivity contribution in [2.75, 3.05) is 46.1 Å². The summed E-state index contributed by atoms with van der Waals surface area (Å²) in [6.07, 6.45) is 2.67. The Kier molecular flexibility index (Phi) is 10.1. The minimum atomic E-state index is -0.405. The fourth-order valence-electron chi connectivity index (χ4n) is 6.11. The van der Waals surface area contributed by atoms with Gasteiger partial charge >= 0.3 is 12.1 Å². The first-order chi connectivity index (χ1) is 21.6. The van der Waals surface area contributed by atoms with E-state index in [1.54, 1.807) is 12.1 Å². The van der Waals surface area contributed by atoms with Gasteiger partial charge in [0.2, 0.25) is 0 Å². The summed E-state index contributed by atoms with van der Waals surface area (Å²) in [5.41, 5.74) is 3.39. The van der Waals surface area contributed by atoms with E-state index in [9.17, 15) is 9.59 Å². The minimum absolute atomic E-state index is 0.0659. The predicted molar refractivity (Wildman–Crippen MR) is 164 cm³/mol. The fraction of sp³-hybridized carbons (Fsp3) is 0.429. The summed E-state index contributed by atoms with van der Waals surface area (Å²) < 4.78 is 28.3. The second kappa shape index (κ2) is 14.7. The van der Waals surface area contributed by atoms with E-state index in [0.29, 0.717) is 49.9 Å². The number of hydrogen-bond donors (Lipinski definition) is 1. The lowest BCUT2D eigenvalue weighted by atomic mass is 9.86. The first kappa shape index (κ1) is 30.1. The van der Waals surface area contributed by atoms with Crippen LogP contribution in [0, 0.1) is 5.92 Å². The molecule has 44 heavy (non-hydrogen) atoms. The minimum Gasteiger partial charge on any atom is -0.493 e. The molecule has 0 saturated carbocycles. The number of rotatable bonds is 12. The Balaban J connectivity index is 0.987. The number of ether oxygens (including phenoxy) is 5. The highest BCUT2D eigenvalue weighted by Crippen LogP contribution is 2.30. The van der Waals surface area contributed by atoms with E-state index in [-0.39, 0.29) is 31.0 Å². The molecule has 4 aliphatic rings. The Bertz CT molecular complexity index is 1370. The number of amides is 1. The highest BCUT2D eigenvalue weighted by atomic mass is 16.7. The molecule has 1 N–H and O–H groups in total. The lowest BCUT2D eigenvalue weighted by molar-refractivity contribution is -0.0400. The third-order valence-electron chi connectivity index (χ3n) is 8.51. The summed E-state index contributed by atoms with van der Waals surface area (Å²) in [7, 11) is 0. The van der Waals surface area contributed by atoms with E-state index in [4.69, 9.17) is 23.7 Å². The predicted octanol–water partition coefficient (Wildman–Crippen LogP) is 5.14. The van der Waals surface area contributed by atoms with Crippen molar-refractivity contribution in [3.8, 4) is 5.75 Å². The zero-order valence-electron chi connectivity index (χ0n) is 24.9. The van der Waals surface area contributed by atoms with Crippen molar-refractivity contribution in [2.45, 2.75) is 44.1 Å². The molecule has 0 aliphatic carbocycles. The Morgan fingerprint density at radius 1 is 0.886 bits per heavy atom. The summed E-state index contributed by atoms with van der Waals surface area (Å²) in [6, 6.07) is 24.5. The maximum Gasteiger partial charge on any atom is 0.408 e. The van der Waals surface area contributed by atoms with Crippen molar-refractivity contribution in [2.24, 2.45) is 5.92 Å². The Hall–Kier alpha value is -3.92. The van der Waals surface area contributed by atoms with Crippen molar-refractivity contribution in [1.29, 1.82) is 0 Å². The lowest BCUT2D eigenvalue weighted by Gasteiger charge is -2.43. The molecular formula is C35H40N2O7. The fourth-order valence-corrected chi connectivity index (χ4v) is 6.11. The maximum atomic E-state index is 13.1. The van der Waals surface area contributed by atoms with Crippen molar-refractivity contribution >= 4 is 12.1 Å². The van der Waals surface area contributed by atoms with Crippen LogP contribution in [0.25, 0.3) is 0 Å². The van der Waals surface area contributed by atoms with Crippen molar-refractivity contribution in [1.82, 2.24) is 10.2 Å². The SMILES string of the molecule is O=C(NC(c1ccccc1)c1cccc(OCCCOC(=O)c2ccc(CC3OCCO3)cc2)c1)OC1CN2CCC1CC2. The monoisotopic (exact) mass is 600 g/mol. The molecule has 0 spiro atoms. The van der Waals surface area contributed by atoms with Gasteiger partial charge in [0.1, 0.15) is 11.9 Å². The molecule has 1 amide bonds. The summed E-state index contributed by atoms with van der Waals surface area (Å²) in [4.78, 5) is 27.9. The van der Waals surface area contributed by atoms with Crippen LogP contribution in [-0.4, -0.2) is 75.4 Å². The summed E-state index contributed by atoms with van der Waals surface area (Å²) in [5, 5.41) is 3.10. The molecule has 9 heteroatoms. The van der Waals surface area contributed by atoms with Crippen LogP contribution in [-0.2, 0) is 25.4 Å². The van der Waals surface area contributed by atoms with Crippen LogP contribution in [0.5, 0.6) is 5.75 Å². The molecule has 2 atom stereocenters. The molecule has 0 aromatic heterocycles. The molecule has 4 aliphatic heterocycles. The second-order valence-corrected chi connectivity index (χ2v) is 11.6. The molecule has 2 unspecified atom stereocenters. The number of benzene rings is 3. The number of hydrogen-bond acceptors (Lipinski definition) is 8. The average molecular weight is 601 g/mol. The van der Waals surface area contributed by atoms with Crippen LogP contribution in [0.15, 0.2) is 78.9 Å². The van der Waals surface area contributed by atoms with E-state index in [1.807, 2.05) is 66.7 Å². The molecule has 3 aromatic carbocycles. The molecule has 4 fully saturated rings. The Labute approximate surface area is 258 Å². The van der Waals surface area contributed by atoms with Crippen molar-refractivity contribution in [3.63, 3.8) is 0 Å². The lowest BCUT2D eigenvalue weighted by Crippen LogP contribution is -2.52. The van der Waals surface area contributed by atoms with Gasteiger partial charge in [-0.25, -0.2) is 9.59 Å². The molecule has 0 radical (unpaired) electrons. The normalized spacial score (nSPS) is 21.9. The Morgan fingerprint density at radius 2 is 1.64 bits per heavy atom. The van der Waals surface area contributed by atoms with Gasteiger partial charge in [-0.15, -0.1) is 0 Å². The van der Waals surface area contributed by atoms with Gasteiger partial charge in [0.05, 0.1) is 38.0 Å². The van der Waals surface area contributed by atoms with Crippen LogP contribution in [0.1, 0.15) is 52.4 Å². The van der Waals surface area contributed by atoms with Gasteiger partial charge in [-0.05, 0) is 72.8 Å². The third-order valence-corrected chi connectivity index (χ3v) is 8.51. The van der Waals surface area contributed by atoms with Gasteiger partial charge < -0.3 is 29.0 Å². The number of alkyl carbamates (subject to hydrolysis) is 1. The summed E-state index contributed by atoms with van der Waals surface area (Å²) >= 11 is 0. The number of carbonyl (C=O) groups is 2. The molecule has 232 valence electrons. The van der Waals surface area contributed by atoms with Crippen LogP contribution in [0.2, 0.25) is 0 Å².